The maximum absolute atomic E-state index is 9.69. The molecule has 0 saturated carbocycles. The van der Waals surface area contributed by atoms with Crippen molar-refractivity contribution in [3.63, 3.8) is 0 Å². The smallest absolute Gasteiger partial charge is 0.151 e. The van der Waals surface area contributed by atoms with Gasteiger partial charge in [-0.15, -0.1) is 0 Å². The summed E-state index contributed by atoms with van der Waals surface area (Å²) in [6.07, 6.45) is 1.52. The number of nitrogens with two attached hydrogens (primary N) is 1. The number of aromatic nitrogens is 3. The van der Waals surface area contributed by atoms with E-state index in [-0.39, 0.29) is 0 Å². The van der Waals surface area contributed by atoms with E-state index in [4.69, 9.17) is 5.73 Å². The summed E-state index contributed by atoms with van der Waals surface area (Å²) < 4.78 is 1.62. The predicted molar refractivity (Wildman–Crippen MR) is 52.7 cm³/mol. The summed E-state index contributed by atoms with van der Waals surface area (Å²) in [5.74, 6) is 0.426. The Balaban J connectivity index is 2.63. The Hall–Kier alpha value is -1.62. The van der Waals surface area contributed by atoms with Crippen LogP contribution in [0.3, 0.4) is 0 Å². The first-order chi connectivity index (χ1) is 6.74. The number of hydrogen-bond acceptors (Lipinski definition) is 4. The summed E-state index contributed by atoms with van der Waals surface area (Å²) in [6, 6.07) is 3.62. The van der Waals surface area contributed by atoms with E-state index in [2.05, 4.69) is 10.1 Å². The van der Waals surface area contributed by atoms with Gasteiger partial charge in [-0.3, -0.25) is 0 Å². The van der Waals surface area contributed by atoms with Crippen LogP contribution in [-0.2, 0) is 0 Å². The minimum absolute atomic E-state index is 0.426. The number of aliphatic hydroxyl groups excluding tert-OH is 1. The van der Waals surface area contributed by atoms with E-state index in [0.717, 1.165) is 11.2 Å². The second-order valence-electron chi connectivity index (χ2n) is 3.12. The van der Waals surface area contributed by atoms with E-state index in [9.17, 15) is 5.11 Å². The number of nitrogens with zero attached hydrogens (tertiary/aromatic N) is 3. The van der Waals surface area contributed by atoms with Gasteiger partial charge in [-0.1, -0.05) is 6.92 Å². The molecule has 2 aromatic heterocycles. The summed E-state index contributed by atoms with van der Waals surface area (Å²) in [6.45, 7) is 1.91. The van der Waals surface area contributed by atoms with Crippen molar-refractivity contribution in [3.05, 3.63) is 24.2 Å². The van der Waals surface area contributed by atoms with Crippen molar-refractivity contribution in [1.82, 2.24) is 14.6 Å². The zero-order valence-corrected chi connectivity index (χ0v) is 7.88. The molecule has 0 radical (unpaired) electrons. The molecule has 2 heterocycles. The summed E-state index contributed by atoms with van der Waals surface area (Å²) in [4.78, 5) is 3.87. The highest BCUT2D eigenvalue weighted by Crippen LogP contribution is 2.20. The lowest BCUT2D eigenvalue weighted by molar-refractivity contribution is 0.166. The molecule has 0 aliphatic carbocycles. The summed E-state index contributed by atoms with van der Waals surface area (Å²) in [7, 11) is 0. The second-order valence-corrected chi connectivity index (χ2v) is 3.12. The third kappa shape index (κ3) is 1.22. The molecule has 5 heteroatoms. The largest absolute Gasteiger partial charge is 0.387 e. The first kappa shape index (κ1) is 8.96. The van der Waals surface area contributed by atoms with Crippen LogP contribution in [0.4, 0.5) is 5.82 Å². The van der Waals surface area contributed by atoms with Crippen LogP contribution in [0.25, 0.3) is 5.52 Å². The van der Waals surface area contributed by atoms with Gasteiger partial charge in [-0.2, -0.15) is 5.10 Å². The van der Waals surface area contributed by atoms with Crippen molar-refractivity contribution in [3.8, 4) is 0 Å². The van der Waals surface area contributed by atoms with Crippen LogP contribution in [0.5, 0.6) is 0 Å². The third-order valence-electron chi connectivity index (χ3n) is 2.24. The van der Waals surface area contributed by atoms with Crippen molar-refractivity contribution in [1.29, 1.82) is 0 Å². The molecular weight excluding hydrogens is 180 g/mol. The van der Waals surface area contributed by atoms with Crippen LogP contribution >= 0.6 is 0 Å². The standard InChI is InChI=1S/C9H12N4O/c1-2-8(14)6-3-4-7-9(10)11-5-12-13(6)7/h3-5,8,14H,2H2,1H3,(H2,10,11,12). The number of nitrogen functional groups attached to an aromatic ring is 1. The van der Waals surface area contributed by atoms with Crippen LogP contribution in [0.2, 0.25) is 0 Å². The van der Waals surface area contributed by atoms with Gasteiger partial charge in [0.15, 0.2) is 5.82 Å². The Labute approximate surface area is 81.2 Å². The van der Waals surface area contributed by atoms with E-state index in [1.807, 2.05) is 19.1 Å². The molecule has 0 saturated heterocycles. The van der Waals surface area contributed by atoms with E-state index >= 15 is 0 Å². The molecule has 74 valence electrons. The molecule has 1 atom stereocenters. The molecule has 2 aromatic rings. The molecule has 0 aromatic carbocycles. The predicted octanol–water partition coefficient (Wildman–Crippen LogP) is 0.755. The van der Waals surface area contributed by atoms with Gasteiger partial charge >= 0.3 is 0 Å². The Morgan fingerprint density at radius 3 is 3.07 bits per heavy atom. The van der Waals surface area contributed by atoms with Crippen molar-refractivity contribution < 1.29 is 5.11 Å². The zero-order valence-electron chi connectivity index (χ0n) is 7.88. The van der Waals surface area contributed by atoms with Crippen molar-refractivity contribution in [2.75, 3.05) is 5.73 Å². The van der Waals surface area contributed by atoms with Crippen molar-refractivity contribution in [2.45, 2.75) is 19.4 Å². The first-order valence-electron chi connectivity index (χ1n) is 4.50. The fourth-order valence-electron chi connectivity index (χ4n) is 1.43. The molecule has 2 rings (SSSR count). The highest BCUT2D eigenvalue weighted by molar-refractivity contribution is 5.65. The van der Waals surface area contributed by atoms with Gasteiger partial charge in [0.1, 0.15) is 11.8 Å². The Kier molecular flexibility index (Phi) is 2.09. The average molecular weight is 192 g/mol. The Morgan fingerprint density at radius 1 is 1.57 bits per heavy atom. The van der Waals surface area contributed by atoms with Crippen LogP contribution in [-0.4, -0.2) is 19.7 Å². The van der Waals surface area contributed by atoms with Crippen LogP contribution in [0, 0.1) is 0 Å². The molecule has 0 aliphatic rings. The van der Waals surface area contributed by atoms with Gasteiger partial charge in [-0.25, -0.2) is 9.50 Å². The van der Waals surface area contributed by atoms with E-state index < -0.39 is 6.10 Å². The van der Waals surface area contributed by atoms with Crippen LogP contribution in [0.1, 0.15) is 25.1 Å². The van der Waals surface area contributed by atoms with Crippen LogP contribution < -0.4 is 5.73 Å². The first-order valence-corrected chi connectivity index (χ1v) is 4.50. The number of rotatable bonds is 2. The Morgan fingerprint density at radius 2 is 2.36 bits per heavy atom. The number of hydrogen-bond donors (Lipinski definition) is 2. The van der Waals surface area contributed by atoms with Gasteiger partial charge in [0, 0.05) is 0 Å². The molecule has 1 unspecified atom stereocenters. The lowest BCUT2D eigenvalue weighted by atomic mass is 10.2. The zero-order chi connectivity index (χ0) is 10.1. The topological polar surface area (TPSA) is 76.4 Å². The van der Waals surface area contributed by atoms with Crippen molar-refractivity contribution >= 4 is 11.3 Å². The summed E-state index contributed by atoms with van der Waals surface area (Å²) >= 11 is 0. The normalized spacial score (nSPS) is 13.3. The summed E-state index contributed by atoms with van der Waals surface area (Å²) in [5, 5.41) is 13.7. The molecule has 3 N–H and O–H groups in total. The van der Waals surface area contributed by atoms with Gasteiger partial charge in [0.05, 0.1) is 11.8 Å². The van der Waals surface area contributed by atoms with E-state index in [1.54, 1.807) is 4.52 Å². The highest BCUT2D eigenvalue weighted by Gasteiger charge is 2.11. The van der Waals surface area contributed by atoms with Crippen LogP contribution in [0.15, 0.2) is 18.5 Å². The molecule has 0 bridgehead atoms. The van der Waals surface area contributed by atoms with Gasteiger partial charge in [-0.05, 0) is 18.6 Å². The molecule has 0 aliphatic heterocycles. The number of aliphatic hydroxyl groups is 1. The van der Waals surface area contributed by atoms with E-state index in [1.165, 1.54) is 6.33 Å². The number of fused-ring (bicyclic) bond motifs is 1. The SMILES string of the molecule is CCC(O)c1ccc2c(N)ncnn12. The third-order valence-corrected chi connectivity index (χ3v) is 2.24. The molecule has 0 spiro atoms. The fourth-order valence-corrected chi connectivity index (χ4v) is 1.43. The molecule has 0 fully saturated rings. The Bertz CT molecular complexity index is 451. The van der Waals surface area contributed by atoms with Gasteiger partial charge < -0.3 is 10.8 Å². The molecular formula is C9H12N4O. The molecule has 5 nitrogen and oxygen atoms in total. The van der Waals surface area contributed by atoms with Gasteiger partial charge in [0.2, 0.25) is 0 Å². The summed E-state index contributed by atoms with van der Waals surface area (Å²) in [5.41, 5.74) is 7.14. The minimum atomic E-state index is -0.508. The fraction of sp³-hybridized carbons (Fsp3) is 0.333. The maximum Gasteiger partial charge on any atom is 0.151 e. The molecule has 0 amide bonds. The quantitative estimate of drug-likeness (QED) is 0.736. The average Bonchev–Trinajstić information content (AvgIpc) is 2.62. The second kappa shape index (κ2) is 3.26. The molecule has 14 heavy (non-hydrogen) atoms. The lowest BCUT2D eigenvalue weighted by Crippen LogP contribution is -2.05. The lowest BCUT2D eigenvalue weighted by Gasteiger charge is -2.07. The number of anilines is 1. The van der Waals surface area contributed by atoms with E-state index in [0.29, 0.717) is 12.2 Å². The van der Waals surface area contributed by atoms with Gasteiger partial charge in [0.25, 0.3) is 0 Å². The minimum Gasteiger partial charge on any atom is -0.387 e. The monoisotopic (exact) mass is 192 g/mol. The highest BCUT2D eigenvalue weighted by atomic mass is 16.3. The van der Waals surface area contributed by atoms with Crippen molar-refractivity contribution in [2.24, 2.45) is 0 Å². The maximum atomic E-state index is 9.69.